The lowest BCUT2D eigenvalue weighted by atomic mass is 10.1. The maximum absolute atomic E-state index is 5.72. The van der Waals surface area contributed by atoms with Crippen LogP contribution in [0.15, 0.2) is 65.2 Å². The second-order valence-electron chi connectivity index (χ2n) is 4.67. The van der Waals surface area contributed by atoms with Crippen molar-refractivity contribution in [1.29, 1.82) is 0 Å². The first kappa shape index (κ1) is 12.4. The lowest BCUT2D eigenvalue weighted by molar-refractivity contribution is 0.560. The van der Waals surface area contributed by atoms with Gasteiger partial charge in [-0.2, -0.15) is 0 Å². The molecule has 0 aliphatic rings. The van der Waals surface area contributed by atoms with Gasteiger partial charge in [0.2, 0.25) is 5.89 Å². The monoisotopic (exact) mass is 261 g/mol. The zero-order chi connectivity index (χ0) is 13.8. The summed E-state index contributed by atoms with van der Waals surface area (Å²) < 4.78 is 5.72. The van der Waals surface area contributed by atoms with Crippen molar-refractivity contribution in [2.75, 3.05) is 0 Å². The van der Waals surface area contributed by atoms with Gasteiger partial charge >= 0.3 is 0 Å². The molecule has 0 spiro atoms. The maximum Gasteiger partial charge on any atom is 0.219 e. The normalized spacial score (nSPS) is 11.1. The Morgan fingerprint density at radius 1 is 0.900 bits per heavy atom. The minimum atomic E-state index is 0.615. The third-order valence-corrected chi connectivity index (χ3v) is 3.08. The highest BCUT2D eigenvalue weighted by Crippen LogP contribution is 2.20. The van der Waals surface area contributed by atoms with Gasteiger partial charge in [0.05, 0.1) is 6.20 Å². The molecule has 0 atom stereocenters. The van der Waals surface area contributed by atoms with Crippen LogP contribution in [-0.4, -0.2) is 4.98 Å². The van der Waals surface area contributed by atoms with E-state index in [1.807, 2.05) is 42.5 Å². The van der Waals surface area contributed by atoms with Crippen LogP contribution in [0.3, 0.4) is 0 Å². The van der Waals surface area contributed by atoms with Gasteiger partial charge in [-0.15, -0.1) is 0 Å². The number of nitrogens with zero attached hydrogens (tertiary/aromatic N) is 1. The van der Waals surface area contributed by atoms with Crippen LogP contribution in [0.25, 0.3) is 23.5 Å². The fourth-order valence-corrected chi connectivity index (χ4v) is 1.95. The number of hydrogen-bond acceptors (Lipinski definition) is 2. The highest BCUT2D eigenvalue weighted by Gasteiger charge is 2.03. The van der Waals surface area contributed by atoms with E-state index in [0.717, 1.165) is 16.9 Å². The first-order chi connectivity index (χ1) is 9.81. The molecule has 0 saturated carbocycles. The standard InChI is InChI=1S/C18H15NO/c1-14-7-9-15(10-8-14)11-12-18-19-13-17(20-18)16-5-3-2-4-6-16/h2-13H,1H3/b12-11-. The topological polar surface area (TPSA) is 26.0 Å². The van der Waals surface area contributed by atoms with Crippen LogP contribution in [-0.2, 0) is 0 Å². The van der Waals surface area contributed by atoms with Crippen LogP contribution in [0, 0.1) is 6.92 Å². The summed E-state index contributed by atoms with van der Waals surface area (Å²) in [5.74, 6) is 1.40. The molecule has 0 aliphatic heterocycles. The van der Waals surface area contributed by atoms with Crippen LogP contribution in [0.5, 0.6) is 0 Å². The molecule has 20 heavy (non-hydrogen) atoms. The summed E-state index contributed by atoms with van der Waals surface area (Å²) in [4.78, 5) is 4.27. The Morgan fingerprint density at radius 2 is 1.65 bits per heavy atom. The van der Waals surface area contributed by atoms with E-state index >= 15 is 0 Å². The van der Waals surface area contributed by atoms with E-state index < -0.39 is 0 Å². The lowest BCUT2D eigenvalue weighted by Gasteiger charge is -1.94. The highest BCUT2D eigenvalue weighted by atomic mass is 16.4. The predicted octanol–water partition coefficient (Wildman–Crippen LogP) is 4.82. The van der Waals surface area contributed by atoms with Gasteiger partial charge < -0.3 is 4.42 Å². The molecule has 0 unspecified atom stereocenters. The summed E-state index contributed by atoms with van der Waals surface area (Å²) in [6.07, 6.45) is 5.64. The van der Waals surface area contributed by atoms with Gasteiger partial charge in [0, 0.05) is 11.6 Å². The summed E-state index contributed by atoms with van der Waals surface area (Å²) >= 11 is 0. The van der Waals surface area contributed by atoms with E-state index in [2.05, 4.69) is 36.2 Å². The molecule has 0 N–H and O–H groups in total. The molecular formula is C18H15NO. The molecule has 0 radical (unpaired) electrons. The van der Waals surface area contributed by atoms with Gasteiger partial charge in [0.15, 0.2) is 5.76 Å². The van der Waals surface area contributed by atoms with Crippen LogP contribution in [0.4, 0.5) is 0 Å². The van der Waals surface area contributed by atoms with Crippen molar-refractivity contribution in [3.8, 4) is 11.3 Å². The number of benzene rings is 2. The number of hydrogen-bond donors (Lipinski definition) is 0. The van der Waals surface area contributed by atoms with Gasteiger partial charge in [-0.3, -0.25) is 0 Å². The average Bonchev–Trinajstić information content (AvgIpc) is 2.97. The molecule has 3 aromatic rings. The zero-order valence-corrected chi connectivity index (χ0v) is 11.3. The van der Waals surface area contributed by atoms with Crippen molar-refractivity contribution in [2.45, 2.75) is 6.92 Å². The quantitative estimate of drug-likeness (QED) is 0.675. The van der Waals surface area contributed by atoms with Gasteiger partial charge in [0.25, 0.3) is 0 Å². The van der Waals surface area contributed by atoms with E-state index in [0.29, 0.717) is 5.89 Å². The fourth-order valence-electron chi connectivity index (χ4n) is 1.95. The smallest absolute Gasteiger partial charge is 0.219 e. The molecule has 2 nitrogen and oxygen atoms in total. The van der Waals surface area contributed by atoms with Crippen LogP contribution >= 0.6 is 0 Å². The second kappa shape index (κ2) is 5.57. The average molecular weight is 261 g/mol. The molecule has 1 heterocycles. The fraction of sp³-hybridized carbons (Fsp3) is 0.0556. The van der Waals surface area contributed by atoms with Gasteiger partial charge in [-0.25, -0.2) is 4.98 Å². The third kappa shape index (κ3) is 2.86. The summed E-state index contributed by atoms with van der Waals surface area (Å²) in [6, 6.07) is 18.3. The minimum absolute atomic E-state index is 0.615. The number of oxazole rings is 1. The Bertz CT molecular complexity index is 709. The Labute approximate surface area is 118 Å². The Balaban J connectivity index is 1.79. The molecular weight excluding hydrogens is 246 g/mol. The minimum Gasteiger partial charge on any atom is -0.437 e. The van der Waals surface area contributed by atoms with Crippen molar-refractivity contribution in [1.82, 2.24) is 4.98 Å². The Morgan fingerprint density at radius 3 is 2.40 bits per heavy atom. The Hall–Kier alpha value is -2.61. The van der Waals surface area contributed by atoms with Gasteiger partial charge in [-0.05, 0) is 18.6 Å². The Kier molecular flexibility index (Phi) is 3.46. The summed E-state index contributed by atoms with van der Waals surface area (Å²) in [5, 5.41) is 0. The van der Waals surface area contributed by atoms with Gasteiger partial charge in [0.1, 0.15) is 0 Å². The molecule has 98 valence electrons. The van der Waals surface area contributed by atoms with Crippen molar-refractivity contribution in [3.05, 3.63) is 77.8 Å². The molecule has 2 heteroatoms. The lowest BCUT2D eigenvalue weighted by Crippen LogP contribution is -1.74. The first-order valence-electron chi connectivity index (χ1n) is 6.57. The van der Waals surface area contributed by atoms with Crippen LogP contribution < -0.4 is 0 Å². The molecule has 3 rings (SSSR count). The van der Waals surface area contributed by atoms with E-state index in [4.69, 9.17) is 4.42 Å². The van der Waals surface area contributed by atoms with Crippen molar-refractivity contribution < 1.29 is 4.42 Å². The third-order valence-electron chi connectivity index (χ3n) is 3.08. The molecule has 0 amide bonds. The van der Waals surface area contributed by atoms with E-state index in [1.54, 1.807) is 6.20 Å². The van der Waals surface area contributed by atoms with Crippen molar-refractivity contribution >= 4 is 12.2 Å². The summed E-state index contributed by atoms with van der Waals surface area (Å²) in [6.45, 7) is 2.08. The van der Waals surface area contributed by atoms with Crippen molar-refractivity contribution in [2.24, 2.45) is 0 Å². The molecule has 0 fully saturated rings. The highest BCUT2D eigenvalue weighted by molar-refractivity contribution is 5.67. The summed E-state index contributed by atoms with van der Waals surface area (Å²) in [7, 11) is 0. The molecule has 0 bridgehead atoms. The predicted molar refractivity (Wildman–Crippen MR) is 82.0 cm³/mol. The summed E-state index contributed by atoms with van der Waals surface area (Å²) in [5.41, 5.74) is 3.43. The first-order valence-corrected chi connectivity index (χ1v) is 6.57. The second-order valence-corrected chi connectivity index (χ2v) is 4.67. The van der Waals surface area contributed by atoms with E-state index in [-0.39, 0.29) is 0 Å². The van der Waals surface area contributed by atoms with Crippen LogP contribution in [0.1, 0.15) is 17.0 Å². The molecule has 0 saturated heterocycles. The zero-order valence-electron chi connectivity index (χ0n) is 11.3. The largest absolute Gasteiger partial charge is 0.437 e. The number of rotatable bonds is 3. The van der Waals surface area contributed by atoms with E-state index in [1.165, 1.54) is 5.56 Å². The molecule has 1 aromatic heterocycles. The SMILES string of the molecule is Cc1ccc(/C=C\c2ncc(-c3ccccc3)o2)cc1. The number of aromatic nitrogens is 1. The maximum atomic E-state index is 5.72. The molecule has 0 aliphatic carbocycles. The van der Waals surface area contributed by atoms with Gasteiger partial charge in [-0.1, -0.05) is 60.2 Å². The number of aryl methyl sites for hydroxylation is 1. The molecule has 2 aromatic carbocycles. The van der Waals surface area contributed by atoms with E-state index in [9.17, 15) is 0 Å². The van der Waals surface area contributed by atoms with Crippen LogP contribution in [0.2, 0.25) is 0 Å². The van der Waals surface area contributed by atoms with Crippen molar-refractivity contribution in [3.63, 3.8) is 0 Å².